The Kier molecular flexibility index (Phi) is 3.28. The lowest BCUT2D eigenvalue weighted by Crippen LogP contribution is -2.44. The van der Waals surface area contributed by atoms with E-state index in [1.807, 2.05) is 38.2 Å². The molecule has 1 aliphatic carbocycles. The van der Waals surface area contributed by atoms with Crippen LogP contribution in [0.1, 0.15) is 45.1 Å². The monoisotopic (exact) mass is 270 g/mol. The third kappa shape index (κ3) is 2.21. The van der Waals surface area contributed by atoms with E-state index in [0.717, 1.165) is 29.3 Å². The minimum atomic E-state index is -0.512. The van der Waals surface area contributed by atoms with Crippen LogP contribution < -0.4 is 5.32 Å². The van der Waals surface area contributed by atoms with Gasteiger partial charge in [-0.3, -0.25) is 4.79 Å². The minimum absolute atomic E-state index is 0.133. The highest BCUT2D eigenvalue weighted by Gasteiger charge is 2.33. The Balaban J connectivity index is 1.88. The van der Waals surface area contributed by atoms with Gasteiger partial charge in [0.2, 0.25) is 5.91 Å². The largest absolute Gasteiger partial charge is 0.361 e. The molecule has 20 heavy (non-hydrogen) atoms. The Morgan fingerprint density at radius 3 is 2.70 bits per heavy atom. The van der Waals surface area contributed by atoms with E-state index in [0.29, 0.717) is 6.04 Å². The maximum atomic E-state index is 12.6. The molecule has 1 heterocycles. The number of aromatic nitrogens is 1. The maximum Gasteiger partial charge on any atom is 0.230 e. The van der Waals surface area contributed by atoms with Crippen LogP contribution in [0.2, 0.25) is 0 Å². The van der Waals surface area contributed by atoms with Crippen LogP contribution in [0.5, 0.6) is 0 Å². The van der Waals surface area contributed by atoms with Crippen LogP contribution in [0, 0.1) is 0 Å². The summed E-state index contributed by atoms with van der Waals surface area (Å²) >= 11 is 0. The van der Waals surface area contributed by atoms with E-state index in [1.165, 1.54) is 12.8 Å². The molecule has 0 spiro atoms. The van der Waals surface area contributed by atoms with Gasteiger partial charge in [-0.25, -0.2) is 0 Å². The maximum absolute atomic E-state index is 12.6. The molecule has 1 fully saturated rings. The molecule has 106 valence electrons. The number of H-pyrrole nitrogens is 1. The molecule has 2 N–H and O–H groups in total. The van der Waals surface area contributed by atoms with Crippen molar-refractivity contribution in [3.05, 3.63) is 36.0 Å². The van der Waals surface area contributed by atoms with Crippen LogP contribution in [0.15, 0.2) is 30.5 Å². The Hall–Kier alpha value is -1.77. The molecule has 1 amide bonds. The van der Waals surface area contributed by atoms with Crippen molar-refractivity contribution >= 4 is 16.8 Å². The van der Waals surface area contributed by atoms with Crippen molar-refractivity contribution in [2.75, 3.05) is 0 Å². The zero-order valence-corrected chi connectivity index (χ0v) is 12.2. The summed E-state index contributed by atoms with van der Waals surface area (Å²) in [6, 6.07) is 8.51. The zero-order chi connectivity index (χ0) is 14.2. The van der Waals surface area contributed by atoms with E-state index < -0.39 is 5.41 Å². The second kappa shape index (κ2) is 4.97. The van der Waals surface area contributed by atoms with Crippen LogP contribution in [0.25, 0.3) is 10.9 Å². The number of benzene rings is 1. The number of hydrogen-bond acceptors (Lipinski definition) is 1. The molecular formula is C17H22N2O. The molecule has 1 aliphatic rings. The molecular weight excluding hydrogens is 248 g/mol. The number of para-hydroxylation sites is 1. The predicted molar refractivity (Wildman–Crippen MR) is 81.7 cm³/mol. The first-order valence-corrected chi connectivity index (χ1v) is 7.46. The molecule has 0 aliphatic heterocycles. The van der Waals surface area contributed by atoms with Gasteiger partial charge in [-0.1, -0.05) is 31.0 Å². The fraction of sp³-hybridized carbons (Fsp3) is 0.471. The van der Waals surface area contributed by atoms with Crippen molar-refractivity contribution in [2.24, 2.45) is 0 Å². The fourth-order valence-corrected chi connectivity index (χ4v) is 3.15. The first kappa shape index (κ1) is 13.2. The molecule has 1 saturated carbocycles. The van der Waals surface area contributed by atoms with Gasteiger partial charge in [0.15, 0.2) is 0 Å². The standard InChI is InChI=1S/C17H22N2O/c1-17(2,16(20)19-12-7-3-4-8-12)14-11-18-15-10-6-5-9-13(14)15/h5-6,9-12,18H,3-4,7-8H2,1-2H3,(H,19,20). The summed E-state index contributed by atoms with van der Waals surface area (Å²) in [6.07, 6.45) is 6.68. The molecule has 0 radical (unpaired) electrons. The van der Waals surface area contributed by atoms with E-state index in [9.17, 15) is 4.79 Å². The second-order valence-corrected chi connectivity index (χ2v) is 6.33. The second-order valence-electron chi connectivity index (χ2n) is 6.33. The van der Waals surface area contributed by atoms with Crippen LogP contribution in [-0.4, -0.2) is 16.9 Å². The van der Waals surface area contributed by atoms with E-state index in [-0.39, 0.29) is 5.91 Å². The molecule has 0 atom stereocenters. The van der Waals surface area contributed by atoms with Crippen molar-refractivity contribution in [1.29, 1.82) is 0 Å². The summed E-state index contributed by atoms with van der Waals surface area (Å²) in [5.41, 5.74) is 1.65. The molecule has 1 aromatic heterocycles. The molecule has 3 heteroatoms. The van der Waals surface area contributed by atoms with Crippen LogP contribution in [-0.2, 0) is 10.2 Å². The number of amides is 1. The first-order chi connectivity index (χ1) is 9.59. The third-order valence-corrected chi connectivity index (χ3v) is 4.52. The average molecular weight is 270 g/mol. The molecule has 2 aromatic rings. The van der Waals surface area contributed by atoms with Crippen molar-refractivity contribution in [1.82, 2.24) is 10.3 Å². The normalized spacial score (nSPS) is 16.7. The first-order valence-electron chi connectivity index (χ1n) is 7.46. The summed E-state index contributed by atoms with van der Waals surface area (Å²) in [4.78, 5) is 15.9. The van der Waals surface area contributed by atoms with Crippen LogP contribution in [0.4, 0.5) is 0 Å². The molecule has 0 unspecified atom stereocenters. The summed E-state index contributed by atoms with van der Waals surface area (Å²) in [6.45, 7) is 4.01. The van der Waals surface area contributed by atoms with Gasteiger partial charge < -0.3 is 10.3 Å². The molecule has 3 rings (SSSR count). The van der Waals surface area contributed by atoms with E-state index in [2.05, 4.69) is 16.4 Å². The summed E-state index contributed by atoms with van der Waals surface area (Å²) in [7, 11) is 0. The highest BCUT2D eigenvalue weighted by molar-refractivity contribution is 5.94. The molecule has 1 aromatic carbocycles. The summed E-state index contributed by atoms with van der Waals surface area (Å²) in [5, 5.41) is 4.36. The number of rotatable bonds is 3. The quantitative estimate of drug-likeness (QED) is 0.881. The Labute approximate surface area is 119 Å². The van der Waals surface area contributed by atoms with Gasteiger partial charge in [0.1, 0.15) is 0 Å². The van der Waals surface area contributed by atoms with Crippen LogP contribution in [0.3, 0.4) is 0 Å². The van der Waals surface area contributed by atoms with Gasteiger partial charge in [-0.2, -0.15) is 0 Å². The number of fused-ring (bicyclic) bond motifs is 1. The van der Waals surface area contributed by atoms with E-state index >= 15 is 0 Å². The van der Waals surface area contributed by atoms with Gasteiger partial charge in [-0.15, -0.1) is 0 Å². The highest BCUT2D eigenvalue weighted by Crippen LogP contribution is 2.31. The van der Waals surface area contributed by atoms with Crippen LogP contribution >= 0.6 is 0 Å². The SMILES string of the molecule is CC(C)(C(=O)NC1CCCC1)c1c[nH]c2ccccc12. The zero-order valence-electron chi connectivity index (χ0n) is 12.2. The van der Waals surface area contributed by atoms with Crippen molar-refractivity contribution in [3.63, 3.8) is 0 Å². The number of nitrogens with one attached hydrogen (secondary N) is 2. The fourth-order valence-electron chi connectivity index (χ4n) is 3.15. The lowest BCUT2D eigenvalue weighted by atomic mass is 9.83. The highest BCUT2D eigenvalue weighted by atomic mass is 16.2. The van der Waals surface area contributed by atoms with Gasteiger partial charge >= 0.3 is 0 Å². The van der Waals surface area contributed by atoms with E-state index in [4.69, 9.17) is 0 Å². The number of aromatic amines is 1. The molecule has 3 nitrogen and oxygen atoms in total. The van der Waals surface area contributed by atoms with Crippen molar-refractivity contribution in [2.45, 2.75) is 51.0 Å². The van der Waals surface area contributed by atoms with Gasteiger partial charge in [0, 0.05) is 23.1 Å². The summed E-state index contributed by atoms with van der Waals surface area (Å²) in [5.74, 6) is 0.133. The Morgan fingerprint density at radius 1 is 1.25 bits per heavy atom. The van der Waals surface area contributed by atoms with Gasteiger partial charge in [0.05, 0.1) is 5.41 Å². The Morgan fingerprint density at radius 2 is 1.95 bits per heavy atom. The van der Waals surface area contributed by atoms with Crippen molar-refractivity contribution in [3.8, 4) is 0 Å². The van der Waals surface area contributed by atoms with E-state index in [1.54, 1.807) is 0 Å². The third-order valence-electron chi connectivity index (χ3n) is 4.52. The minimum Gasteiger partial charge on any atom is -0.361 e. The Bertz CT molecular complexity index is 621. The summed E-state index contributed by atoms with van der Waals surface area (Å²) < 4.78 is 0. The lowest BCUT2D eigenvalue weighted by Gasteiger charge is -2.25. The number of carbonyl (C=O) groups is 1. The lowest BCUT2D eigenvalue weighted by molar-refractivity contribution is -0.126. The average Bonchev–Trinajstić information content (AvgIpc) is 3.07. The number of hydrogen-bond donors (Lipinski definition) is 2. The topological polar surface area (TPSA) is 44.9 Å². The predicted octanol–water partition coefficient (Wildman–Crippen LogP) is 3.50. The molecule has 0 saturated heterocycles. The van der Waals surface area contributed by atoms with Crippen molar-refractivity contribution < 1.29 is 4.79 Å². The molecule has 0 bridgehead atoms. The van der Waals surface area contributed by atoms with Gasteiger partial charge in [0.25, 0.3) is 0 Å². The van der Waals surface area contributed by atoms with Gasteiger partial charge in [-0.05, 0) is 38.3 Å². The number of carbonyl (C=O) groups excluding carboxylic acids is 1. The smallest absolute Gasteiger partial charge is 0.230 e.